The number of rotatable bonds is 2. The highest BCUT2D eigenvalue weighted by Gasteiger charge is 2.20. The highest BCUT2D eigenvalue weighted by Crippen LogP contribution is 2.32. The van der Waals surface area contributed by atoms with Gasteiger partial charge in [0.15, 0.2) is 0 Å². The summed E-state index contributed by atoms with van der Waals surface area (Å²) in [5, 5.41) is 0.825. The van der Waals surface area contributed by atoms with Crippen LogP contribution in [0.5, 0.6) is 0 Å². The number of esters is 1. The number of anilines is 2. The number of methoxy groups -OCH3 is 1. The van der Waals surface area contributed by atoms with Crippen LogP contribution in [-0.4, -0.2) is 49.4 Å². The number of nitrogen functional groups attached to an aromatic ring is 1. The van der Waals surface area contributed by atoms with E-state index in [-0.39, 0.29) is 11.9 Å². The second-order valence-corrected chi connectivity index (χ2v) is 5.36. The summed E-state index contributed by atoms with van der Waals surface area (Å²) in [7, 11) is 1.36. The zero-order valence-electron chi connectivity index (χ0n) is 11.0. The molecule has 2 N–H and O–H groups in total. The largest absolute Gasteiger partial charge is 0.465 e. The molecular formula is C12H14N4O3S. The van der Waals surface area contributed by atoms with E-state index in [0.717, 1.165) is 24.3 Å². The third-order valence-corrected chi connectivity index (χ3v) is 4.10. The van der Waals surface area contributed by atoms with Crippen molar-refractivity contribution < 1.29 is 14.3 Å². The lowest BCUT2D eigenvalue weighted by Gasteiger charge is -2.28. The van der Waals surface area contributed by atoms with Gasteiger partial charge in [0.2, 0.25) is 5.95 Å². The third kappa shape index (κ3) is 2.27. The molecule has 2 aromatic rings. The minimum Gasteiger partial charge on any atom is -0.465 e. The molecule has 7 nitrogen and oxygen atoms in total. The normalized spacial score (nSPS) is 15.6. The lowest BCUT2D eigenvalue weighted by Crippen LogP contribution is -2.37. The van der Waals surface area contributed by atoms with Crippen molar-refractivity contribution in [2.45, 2.75) is 0 Å². The minimum atomic E-state index is -0.375. The van der Waals surface area contributed by atoms with Gasteiger partial charge in [-0.15, -0.1) is 11.3 Å². The number of ether oxygens (including phenoxy) is 2. The van der Waals surface area contributed by atoms with Gasteiger partial charge in [-0.05, 0) is 6.07 Å². The second kappa shape index (κ2) is 5.22. The van der Waals surface area contributed by atoms with Gasteiger partial charge in [0.05, 0.1) is 25.7 Å². The second-order valence-electron chi connectivity index (χ2n) is 4.33. The van der Waals surface area contributed by atoms with Gasteiger partial charge in [-0.1, -0.05) is 0 Å². The first kappa shape index (κ1) is 13.1. The highest BCUT2D eigenvalue weighted by atomic mass is 32.1. The minimum absolute atomic E-state index is 0.206. The Morgan fingerprint density at radius 3 is 2.90 bits per heavy atom. The van der Waals surface area contributed by atoms with Crippen molar-refractivity contribution in [2.75, 3.05) is 44.0 Å². The number of nitrogens with two attached hydrogens (primary N) is 1. The number of nitrogens with zero attached hydrogens (tertiary/aromatic N) is 3. The molecule has 0 amide bonds. The maximum Gasteiger partial charge on any atom is 0.348 e. The van der Waals surface area contributed by atoms with E-state index in [1.165, 1.54) is 18.4 Å². The molecule has 3 heterocycles. The van der Waals surface area contributed by atoms with E-state index in [0.29, 0.717) is 22.9 Å². The van der Waals surface area contributed by atoms with E-state index in [9.17, 15) is 4.79 Å². The van der Waals surface area contributed by atoms with Crippen molar-refractivity contribution in [1.29, 1.82) is 0 Å². The van der Waals surface area contributed by atoms with E-state index in [2.05, 4.69) is 14.9 Å². The number of carbonyl (C=O) groups is 1. The van der Waals surface area contributed by atoms with Crippen LogP contribution in [0.15, 0.2) is 6.07 Å². The van der Waals surface area contributed by atoms with E-state index >= 15 is 0 Å². The van der Waals surface area contributed by atoms with Gasteiger partial charge in [0.1, 0.15) is 15.5 Å². The standard InChI is InChI=1S/C12H14N4O3S/c1-18-11(17)8-6-7-9(16-2-4-19-5-3-16)14-12(13)15-10(7)20-8/h6H,2-5H2,1H3,(H2,13,14,15). The van der Waals surface area contributed by atoms with Gasteiger partial charge in [0, 0.05) is 13.1 Å². The fourth-order valence-electron chi connectivity index (χ4n) is 2.14. The summed E-state index contributed by atoms with van der Waals surface area (Å²) in [4.78, 5) is 23.4. The predicted molar refractivity (Wildman–Crippen MR) is 76.2 cm³/mol. The van der Waals surface area contributed by atoms with E-state index in [4.69, 9.17) is 15.2 Å². The molecule has 2 aromatic heterocycles. The number of thiophene rings is 1. The molecule has 0 bridgehead atoms. The maximum absolute atomic E-state index is 11.6. The molecule has 0 atom stereocenters. The third-order valence-electron chi connectivity index (χ3n) is 3.09. The van der Waals surface area contributed by atoms with E-state index in [1.54, 1.807) is 6.07 Å². The van der Waals surface area contributed by atoms with Gasteiger partial charge < -0.3 is 20.1 Å². The van der Waals surface area contributed by atoms with Crippen LogP contribution >= 0.6 is 11.3 Å². The summed E-state index contributed by atoms with van der Waals surface area (Å²) in [6.45, 7) is 2.79. The van der Waals surface area contributed by atoms with Crippen LogP contribution in [0, 0.1) is 0 Å². The Hall–Kier alpha value is -1.93. The molecule has 0 aromatic carbocycles. The summed E-state index contributed by atoms with van der Waals surface area (Å²) in [6, 6.07) is 1.76. The molecule has 0 unspecified atom stereocenters. The Balaban J connectivity index is 2.10. The Bertz CT molecular complexity index is 651. The SMILES string of the molecule is COC(=O)c1cc2c(N3CCOCC3)nc(N)nc2s1. The molecule has 8 heteroatoms. The summed E-state index contributed by atoms with van der Waals surface area (Å²) < 4.78 is 10.1. The maximum atomic E-state index is 11.6. The van der Waals surface area contributed by atoms with Crippen molar-refractivity contribution in [3.8, 4) is 0 Å². The molecule has 0 radical (unpaired) electrons. The average Bonchev–Trinajstić information content (AvgIpc) is 2.90. The first-order chi connectivity index (χ1) is 9.69. The molecule has 1 saturated heterocycles. The van der Waals surface area contributed by atoms with E-state index in [1.807, 2.05) is 0 Å². The van der Waals surface area contributed by atoms with Crippen molar-refractivity contribution in [2.24, 2.45) is 0 Å². The van der Waals surface area contributed by atoms with Crippen LogP contribution in [0.3, 0.4) is 0 Å². The van der Waals surface area contributed by atoms with Crippen LogP contribution < -0.4 is 10.6 Å². The summed E-state index contributed by atoms with van der Waals surface area (Å²) in [6.07, 6.45) is 0. The Morgan fingerprint density at radius 2 is 2.20 bits per heavy atom. The first-order valence-electron chi connectivity index (χ1n) is 6.17. The first-order valence-corrected chi connectivity index (χ1v) is 6.99. The lowest BCUT2D eigenvalue weighted by molar-refractivity contribution is 0.0606. The molecule has 0 spiro atoms. The van der Waals surface area contributed by atoms with Crippen molar-refractivity contribution in [3.63, 3.8) is 0 Å². The number of hydrogen-bond acceptors (Lipinski definition) is 8. The number of aromatic nitrogens is 2. The predicted octanol–water partition coefficient (Wildman–Crippen LogP) is 0.897. The molecule has 1 aliphatic heterocycles. The molecule has 106 valence electrons. The Morgan fingerprint density at radius 1 is 1.45 bits per heavy atom. The van der Waals surface area contributed by atoms with Crippen LogP contribution in [0.25, 0.3) is 10.2 Å². The molecule has 1 aliphatic rings. The van der Waals surface area contributed by atoms with Crippen LogP contribution in [0.2, 0.25) is 0 Å². The van der Waals surface area contributed by atoms with Gasteiger partial charge in [-0.25, -0.2) is 9.78 Å². The molecule has 20 heavy (non-hydrogen) atoms. The zero-order chi connectivity index (χ0) is 14.1. The van der Waals surface area contributed by atoms with Crippen LogP contribution in [0.1, 0.15) is 9.67 Å². The van der Waals surface area contributed by atoms with Crippen molar-refractivity contribution in [1.82, 2.24) is 9.97 Å². The van der Waals surface area contributed by atoms with E-state index < -0.39 is 0 Å². The summed E-state index contributed by atoms with van der Waals surface area (Å²) in [5.74, 6) is 0.582. The number of hydrogen-bond donors (Lipinski definition) is 1. The average molecular weight is 294 g/mol. The quantitative estimate of drug-likeness (QED) is 0.823. The fourth-order valence-corrected chi connectivity index (χ4v) is 3.09. The Kier molecular flexibility index (Phi) is 3.41. The Labute approximate surface area is 119 Å². The monoisotopic (exact) mass is 294 g/mol. The molecule has 0 saturated carbocycles. The molecule has 3 rings (SSSR count). The van der Waals surface area contributed by atoms with Crippen LogP contribution in [-0.2, 0) is 9.47 Å². The topological polar surface area (TPSA) is 90.6 Å². The zero-order valence-corrected chi connectivity index (χ0v) is 11.8. The van der Waals surface area contributed by atoms with Gasteiger partial charge in [-0.2, -0.15) is 4.98 Å². The fraction of sp³-hybridized carbons (Fsp3) is 0.417. The number of morpholine rings is 1. The van der Waals surface area contributed by atoms with Crippen molar-refractivity contribution in [3.05, 3.63) is 10.9 Å². The highest BCUT2D eigenvalue weighted by molar-refractivity contribution is 7.20. The molecule has 0 aliphatic carbocycles. The smallest absolute Gasteiger partial charge is 0.348 e. The summed E-state index contributed by atoms with van der Waals surface area (Å²) in [5.41, 5.74) is 5.76. The number of fused-ring (bicyclic) bond motifs is 1. The summed E-state index contributed by atoms with van der Waals surface area (Å²) >= 11 is 1.26. The van der Waals surface area contributed by atoms with Gasteiger partial charge in [0.25, 0.3) is 0 Å². The van der Waals surface area contributed by atoms with Crippen molar-refractivity contribution >= 4 is 39.3 Å². The molecular weight excluding hydrogens is 280 g/mol. The van der Waals surface area contributed by atoms with Gasteiger partial charge in [-0.3, -0.25) is 0 Å². The molecule has 1 fully saturated rings. The van der Waals surface area contributed by atoms with Crippen LogP contribution in [0.4, 0.5) is 11.8 Å². The number of carbonyl (C=O) groups excluding carboxylic acids is 1. The lowest BCUT2D eigenvalue weighted by atomic mass is 10.3. The van der Waals surface area contributed by atoms with Gasteiger partial charge >= 0.3 is 5.97 Å².